The standard InChI is InChI=1S/C16H14ClFN4O3S/c1-7-12(20-16(17)26-7)15(23)19-13-8-5-21(6-9(8)13)11-4-2-3-10(18)14(11)22(24)25/h2-4,8-9,13H,5-6H2,1H3,(H,19,23)/t8-,9+,13?. The highest BCUT2D eigenvalue weighted by Crippen LogP contribution is 2.48. The Bertz CT molecular complexity index is 909. The molecule has 10 heteroatoms. The van der Waals surface area contributed by atoms with E-state index in [1.54, 1.807) is 13.0 Å². The number of nitrogens with zero attached hydrogens (tertiary/aromatic N) is 3. The largest absolute Gasteiger partial charge is 0.365 e. The number of nitrogens with one attached hydrogen (secondary N) is 1. The minimum atomic E-state index is -0.839. The molecule has 2 heterocycles. The molecule has 3 atom stereocenters. The van der Waals surface area contributed by atoms with Gasteiger partial charge in [0.15, 0.2) is 4.47 Å². The number of rotatable bonds is 4. The first kappa shape index (κ1) is 17.2. The van der Waals surface area contributed by atoms with Gasteiger partial charge in [0.1, 0.15) is 11.4 Å². The fourth-order valence-corrected chi connectivity index (χ4v) is 4.73. The number of nitro benzene ring substituents is 1. The Morgan fingerprint density at radius 3 is 2.73 bits per heavy atom. The molecule has 1 saturated heterocycles. The molecule has 1 amide bonds. The summed E-state index contributed by atoms with van der Waals surface area (Å²) >= 11 is 7.09. The Balaban J connectivity index is 1.43. The number of thiazole rings is 1. The number of piperidine rings is 1. The van der Waals surface area contributed by atoms with Crippen LogP contribution in [0.4, 0.5) is 15.8 Å². The molecule has 0 bridgehead atoms. The van der Waals surface area contributed by atoms with Crippen LogP contribution in [0.15, 0.2) is 18.2 Å². The number of hydrogen-bond donors (Lipinski definition) is 1. The molecule has 0 radical (unpaired) electrons. The van der Waals surface area contributed by atoms with Crippen molar-refractivity contribution in [2.45, 2.75) is 13.0 Å². The molecule has 4 rings (SSSR count). The van der Waals surface area contributed by atoms with Crippen molar-refractivity contribution in [2.75, 3.05) is 18.0 Å². The number of carbonyl (C=O) groups excluding carboxylic acids is 1. The number of nitro groups is 1. The van der Waals surface area contributed by atoms with Crippen LogP contribution in [-0.2, 0) is 0 Å². The third kappa shape index (κ3) is 2.80. The average molecular weight is 397 g/mol. The predicted octanol–water partition coefficient (Wildman–Crippen LogP) is 3.02. The summed E-state index contributed by atoms with van der Waals surface area (Å²) in [6.07, 6.45) is 0. The molecular weight excluding hydrogens is 383 g/mol. The van der Waals surface area contributed by atoms with E-state index in [1.807, 2.05) is 4.90 Å². The molecule has 136 valence electrons. The van der Waals surface area contributed by atoms with E-state index in [2.05, 4.69) is 10.3 Å². The number of benzene rings is 1. The summed E-state index contributed by atoms with van der Waals surface area (Å²) in [5.41, 5.74) is 0.124. The third-order valence-electron chi connectivity index (χ3n) is 4.97. The van der Waals surface area contributed by atoms with Crippen LogP contribution in [0.2, 0.25) is 4.47 Å². The van der Waals surface area contributed by atoms with Crippen LogP contribution >= 0.6 is 22.9 Å². The zero-order chi connectivity index (χ0) is 18.6. The zero-order valence-corrected chi connectivity index (χ0v) is 15.2. The van der Waals surface area contributed by atoms with Crippen LogP contribution in [0, 0.1) is 34.7 Å². The van der Waals surface area contributed by atoms with Crippen LogP contribution < -0.4 is 10.2 Å². The Morgan fingerprint density at radius 1 is 1.46 bits per heavy atom. The molecule has 1 N–H and O–H groups in total. The summed E-state index contributed by atoms with van der Waals surface area (Å²) in [5.74, 6) is -0.713. The number of hydrogen-bond acceptors (Lipinski definition) is 6. The van der Waals surface area contributed by atoms with Crippen molar-refractivity contribution in [3.05, 3.63) is 49.2 Å². The van der Waals surface area contributed by atoms with Gasteiger partial charge >= 0.3 is 5.69 Å². The van der Waals surface area contributed by atoms with Crippen LogP contribution in [0.5, 0.6) is 0 Å². The van der Waals surface area contributed by atoms with Gasteiger partial charge in [-0.05, 0) is 19.1 Å². The molecule has 1 aromatic heterocycles. The lowest BCUT2D eigenvalue weighted by molar-refractivity contribution is -0.386. The Hall–Kier alpha value is -2.26. The van der Waals surface area contributed by atoms with Crippen LogP contribution in [-0.4, -0.2) is 34.9 Å². The Kier molecular flexibility index (Phi) is 4.07. The second-order valence-corrected chi connectivity index (χ2v) is 8.25. The van der Waals surface area contributed by atoms with E-state index in [0.717, 1.165) is 10.9 Å². The highest BCUT2D eigenvalue weighted by Gasteiger charge is 2.57. The van der Waals surface area contributed by atoms with E-state index in [1.165, 1.54) is 17.4 Å². The number of carbonyl (C=O) groups is 1. The summed E-state index contributed by atoms with van der Waals surface area (Å²) in [5, 5.41) is 14.1. The third-order valence-corrected chi connectivity index (χ3v) is 6.04. The van der Waals surface area contributed by atoms with E-state index < -0.39 is 16.4 Å². The summed E-state index contributed by atoms with van der Waals surface area (Å²) < 4.78 is 14.1. The maximum atomic E-state index is 13.8. The van der Waals surface area contributed by atoms with E-state index in [4.69, 9.17) is 11.6 Å². The average Bonchev–Trinajstić information content (AvgIpc) is 2.93. The van der Waals surface area contributed by atoms with Crippen molar-refractivity contribution in [3.63, 3.8) is 0 Å². The van der Waals surface area contributed by atoms with Crippen molar-refractivity contribution in [3.8, 4) is 0 Å². The number of fused-ring (bicyclic) bond motifs is 1. The minimum absolute atomic E-state index is 0.00578. The monoisotopic (exact) mass is 396 g/mol. The number of aromatic nitrogens is 1. The van der Waals surface area contributed by atoms with Gasteiger partial charge in [-0.3, -0.25) is 14.9 Å². The second kappa shape index (κ2) is 6.17. The van der Waals surface area contributed by atoms with Crippen LogP contribution in [0.3, 0.4) is 0 Å². The van der Waals surface area contributed by atoms with Gasteiger partial charge in [-0.15, -0.1) is 11.3 Å². The first-order chi connectivity index (χ1) is 12.4. The fraction of sp³-hybridized carbons (Fsp3) is 0.375. The summed E-state index contributed by atoms with van der Waals surface area (Å²) in [6, 6.07) is 4.12. The number of halogens is 2. The molecule has 1 saturated carbocycles. The van der Waals surface area contributed by atoms with Gasteiger partial charge in [-0.25, -0.2) is 4.98 Å². The molecule has 1 aliphatic carbocycles. The van der Waals surface area contributed by atoms with Crippen LogP contribution in [0.1, 0.15) is 15.4 Å². The quantitative estimate of drug-likeness (QED) is 0.634. The number of aryl methyl sites for hydroxylation is 1. The Labute approximate surface area is 156 Å². The highest BCUT2D eigenvalue weighted by molar-refractivity contribution is 7.15. The summed E-state index contributed by atoms with van der Waals surface area (Å²) in [6.45, 7) is 2.87. The molecule has 2 aromatic rings. The van der Waals surface area contributed by atoms with E-state index >= 15 is 0 Å². The molecule has 7 nitrogen and oxygen atoms in total. The van der Waals surface area contributed by atoms with E-state index in [9.17, 15) is 19.3 Å². The maximum Gasteiger partial charge on any atom is 0.327 e. The van der Waals surface area contributed by atoms with Gasteiger partial charge in [-0.1, -0.05) is 17.7 Å². The minimum Gasteiger partial charge on any atom is -0.365 e. The topological polar surface area (TPSA) is 88.4 Å². The molecule has 1 aromatic carbocycles. The fourth-order valence-electron chi connectivity index (χ4n) is 3.67. The van der Waals surface area contributed by atoms with Crippen LogP contribution in [0.25, 0.3) is 0 Å². The van der Waals surface area contributed by atoms with Gasteiger partial charge < -0.3 is 10.2 Å². The summed E-state index contributed by atoms with van der Waals surface area (Å²) in [4.78, 5) is 29.4. The van der Waals surface area contributed by atoms with E-state index in [0.29, 0.717) is 23.3 Å². The number of amides is 1. The molecule has 0 spiro atoms. The lowest BCUT2D eigenvalue weighted by atomic mass is 10.2. The lowest BCUT2D eigenvalue weighted by Crippen LogP contribution is -2.35. The van der Waals surface area contributed by atoms with Gasteiger partial charge in [0.25, 0.3) is 5.91 Å². The van der Waals surface area contributed by atoms with Crippen molar-refractivity contribution >= 4 is 40.2 Å². The molecular formula is C16H14ClFN4O3S. The molecule has 26 heavy (non-hydrogen) atoms. The van der Waals surface area contributed by atoms with Gasteiger partial charge in [0.2, 0.25) is 5.82 Å². The van der Waals surface area contributed by atoms with Gasteiger partial charge in [0, 0.05) is 35.8 Å². The maximum absolute atomic E-state index is 13.8. The first-order valence-electron chi connectivity index (χ1n) is 7.98. The van der Waals surface area contributed by atoms with Crippen molar-refractivity contribution in [1.29, 1.82) is 0 Å². The number of anilines is 1. The van der Waals surface area contributed by atoms with Crippen molar-refractivity contribution < 1.29 is 14.1 Å². The van der Waals surface area contributed by atoms with E-state index in [-0.39, 0.29) is 29.5 Å². The smallest absolute Gasteiger partial charge is 0.327 e. The molecule has 2 aliphatic rings. The highest BCUT2D eigenvalue weighted by atomic mass is 35.5. The lowest BCUT2D eigenvalue weighted by Gasteiger charge is -2.22. The van der Waals surface area contributed by atoms with Gasteiger partial charge in [-0.2, -0.15) is 4.39 Å². The molecule has 1 aliphatic heterocycles. The Morgan fingerprint density at radius 2 is 2.15 bits per heavy atom. The predicted molar refractivity (Wildman–Crippen MR) is 95.4 cm³/mol. The first-order valence-corrected chi connectivity index (χ1v) is 9.18. The van der Waals surface area contributed by atoms with Crippen molar-refractivity contribution in [2.24, 2.45) is 11.8 Å². The van der Waals surface area contributed by atoms with Crippen molar-refractivity contribution in [1.82, 2.24) is 10.3 Å². The molecule has 1 unspecified atom stereocenters. The zero-order valence-electron chi connectivity index (χ0n) is 13.6. The normalized spacial score (nSPS) is 23.7. The SMILES string of the molecule is Cc1sc(Cl)nc1C(=O)NC1[C@H]2CN(c3cccc(F)c3[N+](=O)[O-])C[C@@H]12. The number of para-hydroxylation sites is 1. The second-order valence-electron chi connectivity index (χ2n) is 6.47. The molecule has 2 fully saturated rings. The van der Waals surface area contributed by atoms with Gasteiger partial charge in [0.05, 0.1) is 4.92 Å². The summed E-state index contributed by atoms with van der Waals surface area (Å²) in [7, 11) is 0.